The Hall–Kier alpha value is -0.0800. The van der Waals surface area contributed by atoms with Crippen LogP contribution in [0.3, 0.4) is 0 Å². The van der Waals surface area contributed by atoms with Crippen molar-refractivity contribution in [3.8, 4) is 0 Å². The van der Waals surface area contributed by atoms with Crippen molar-refractivity contribution in [1.82, 2.24) is 0 Å². The van der Waals surface area contributed by atoms with Crippen molar-refractivity contribution in [1.29, 1.82) is 0 Å². The molecule has 0 saturated carbocycles. The van der Waals surface area contributed by atoms with E-state index in [9.17, 15) is 0 Å². The Balaban J connectivity index is 2.37. The third-order valence-electron chi connectivity index (χ3n) is 2.74. The zero-order valence-electron chi connectivity index (χ0n) is 7.94. The van der Waals surface area contributed by atoms with E-state index in [1.54, 1.807) is 0 Å². The topological polar surface area (TPSA) is 0 Å². The van der Waals surface area contributed by atoms with Crippen LogP contribution in [0.25, 0.3) is 0 Å². The van der Waals surface area contributed by atoms with E-state index in [4.69, 9.17) is 0 Å². The summed E-state index contributed by atoms with van der Waals surface area (Å²) in [5.74, 6) is 1.27. The lowest BCUT2D eigenvalue weighted by Gasteiger charge is -2.41. The fraction of sp³-hybridized carbons (Fsp3) is 0.455. The van der Waals surface area contributed by atoms with Gasteiger partial charge in [0.15, 0.2) is 0 Å². The second-order valence-corrected chi connectivity index (χ2v) is 6.20. The third kappa shape index (κ3) is 1.50. The van der Waals surface area contributed by atoms with E-state index in [0.29, 0.717) is 16.6 Å². The van der Waals surface area contributed by atoms with Crippen molar-refractivity contribution in [3.05, 3.63) is 35.8 Å². The zero-order valence-corrected chi connectivity index (χ0v) is 9.57. The number of allylic oxidation sites excluding steroid dienone is 4. The minimum absolute atomic E-state index is 0.300. The molecule has 2 heteroatoms. The summed E-state index contributed by atoms with van der Waals surface area (Å²) in [6.45, 7) is 4.62. The van der Waals surface area contributed by atoms with Crippen LogP contribution in [0.4, 0.5) is 0 Å². The number of hydrogen-bond acceptors (Lipinski definition) is 2. The minimum Gasteiger partial charge on any atom is -0.0773 e. The van der Waals surface area contributed by atoms with Crippen molar-refractivity contribution in [2.24, 2.45) is 11.8 Å². The van der Waals surface area contributed by atoms with Crippen LogP contribution in [0.5, 0.6) is 0 Å². The molecule has 13 heavy (non-hydrogen) atoms. The fourth-order valence-electron chi connectivity index (χ4n) is 1.85. The van der Waals surface area contributed by atoms with Gasteiger partial charge in [-0.2, -0.15) is 0 Å². The largest absolute Gasteiger partial charge is 0.0773 e. The Kier molecular flexibility index (Phi) is 2.61. The Bertz CT molecular complexity index is 276. The molecule has 70 valence electrons. The molecule has 0 aromatic rings. The lowest BCUT2D eigenvalue weighted by atomic mass is 9.79. The molecule has 1 aliphatic carbocycles. The van der Waals surface area contributed by atoms with Gasteiger partial charge in [0.1, 0.15) is 0 Å². The van der Waals surface area contributed by atoms with Crippen molar-refractivity contribution < 1.29 is 0 Å². The van der Waals surface area contributed by atoms with Crippen molar-refractivity contribution >= 4 is 21.6 Å². The summed E-state index contributed by atoms with van der Waals surface area (Å²) in [6.07, 6.45) is 11.3. The maximum absolute atomic E-state index is 2.36. The summed E-state index contributed by atoms with van der Waals surface area (Å²) in [6, 6.07) is 0. The van der Waals surface area contributed by atoms with Crippen molar-refractivity contribution in [3.63, 3.8) is 0 Å². The lowest BCUT2D eigenvalue weighted by Crippen LogP contribution is -2.37. The Morgan fingerprint density at radius 1 is 1.23 bits per heavy atom. The predicted molar refractivity (Wildman–Crippen MR) is 63.7 cm³/mol. The highest BCUT2D eigenvalue weighted by Crippen LogP contribution is 2.53. The maximum Gasteiger partial charge on any atom is 0.0569 e. The first kappa shape index (κ1) is 9.47. The Morgan fingerprint density at radius 3 is 2.77 bits per heavy atom. The molecule has 2 rings (SSSR count). The van der Waals surface area contributed by atoms with Gasteiger partial charge in [0, 0.05) is 5.92 Å². The zero-order chi connectivity index (χ0) is 9.31. The second-order valence-electron chi connectivity index (χ2n) is 3.79. The molecule has 2 atom stereocenters. The van der Waals surface area contributed by atoms with Gasteiger partial charge in [0.25, 0.3) is 0 Å². The average molecular weight is 210 g/mol. The molecular weight excluding hydrogens is 196 g/mol. The van der Waals surface area contributed by atoms with E-state index in [-0.39, 0.29) is 0 Å². The van der Waals surface area contributed by atoms with Gasteiger partial charge >= 0.3 is 0 Å². The molecule has 1 aliphatic heterocycles. The predicted octanol–water partition coefficient (Wildman–Crippen LogP) is 4.03. The molecule has 0 aromatic heterocycles. The second kappa shape index (κ2) is 3.58. The first-order chi connectivity index (χ1) is 6.26. The summed E-state index contributed by atoms with van der Waals surface area (Å²) < 4.78 is 0.300. The van der Waals surface area contributed by atoms with Gasteiger partial charge in [0.05, 0.1) is 4.75 Å². The molecular formula is C11H14S2. The SMILES string of the molecule is CC(C)C12C=CC=CC1C=CSS2. The lowest BCUT2D eigenvalue weighted by molar-refractivity contribution is 0.454. The van der Waals surface area contributed by atoms with Gasteiger partial charge in [0.2, 0.25) is 0 Å². The van der Waals surface area contributed by atoms with E-state index in [0.717, 1.165) is 0 Å². The highest BCUT2D eigenvalue weighted by atomic mass is 33.1. The normalized spacial score (nSPS) is 36.7. The first-order valence-corrected chi connectivity index (χ1v) is 6.84. The number of hydrogen-bond donors (Lipinski definition) is 0. The van der Waals surface area contributed by atoms with Crippen LogP contribution in [-0.4, -0.2) is 4.75 Å². The molecule has 1 heterocycles. The van der Waals surface area contributed by atoms with Gasteiger partial charge in [-0.3, -0.25) is 0 Å². The standard InChI is InChI=1S/C11H14S2/c1-9(2)11-7-4-3-5-10(11)6-8-12-13-11/h3-10H,1-2H3. The molecule has 2 unspecified atom stereocenters. The van der Waals surface area contributed by atoms with Crippen LogP contribution in [0.2, 0.25) is 0 Å². The molecule has 0 nitrogen and oxygen atoms in total. The van der Waals surface area contributed by atoms with Gasteiger partial charge in [-0.15, -0.1) is 0 Å². The van der Waals surface area contributed by atoms with Crippen LogP contribution in [0.1, 0.15) is 13.8 Å². The average Bonchev–Trinajstić information content (AvgIpc) is 2.17. The van der Waals surface area contributed by atoms with Crippen LogP contribution in [0, 0.1) is 11.8 Å². The summed E-state index contributed by atoms with van der Waals surface area (Å²) in [5, 5.41) is 2.21. The number of fused-ring (bicyclic) bond motifs is 1. The minimum atomic E-state index is 0.300. The highest BCUT2D eigenvalue weighted by Gasteiger charge is 2.40. The van der Waals surface area contributed by atoms with E-state index < -0.39 is 0 Å². The van der Waals surface area contributed by atoms with E-state index in [2.05, 4.69) is 49.6 Å². The molecule has 2 aliphatic rings. The summed E-state index contributed by atoms with van der Waals surface area (Å²) >= 11 is 0. The molecule has 0 N–H and O–H groups in total. The summed E-state index contributed by atoms with van der Waals surface area (Å²) in [4.78, 5) is 0. The summed E-state index contributed by atoms with van der Waals surface area (Å²) in [7, 11) is 3.85. The smallest absolute Gasteiger partial charge is 0.0569 e. The van der Waals surface area contributed by atoms with Crippen LogP contribution in [0.15, 0.2) is 35.8 Å². The van der Waals surface area contributed by atoms with Gasteiger partial charge in [-0.25, -0.2) is 0 Å². The molecule has 0 fully saturated rings. The monoisotopic (exact) mass is 210 g/mol. The van der Waals surface area contributed by atoms with E-state index >= 15 is 0 Å². The van der Waals surface area contributed by atoms with Crippen LogP contribution >= 0.6 is 21.6 Å². The van der Waals surface area contributed by atoms with Crippen LogP contribution < -0.4 is 0 Å². The quantitative estimate of drug-likeness (QED) is 0.599. The van der Waals surface area contributed by atoms with Crippen LogP contribution in [-0.2, 0) is 0 Å². The van der Waals surface area contributed by atoms with Gasteiger partial charge < -0.3 is 0 Å². The van der Waals surface area contributed by atoms with Crippen molar-refractivity contribution in [2.75, 3.05) is 0 Å². The molecule has 0 bridgehead atoms. The van der Waals surface area contributed by atoms with Gasteiger partial charge in [-0.05, 0) is 11.3 Å². The molecule has 0 spiro atoms. The third-order valence-corrected chi connectivity index (χ3v) is 5.76. The molecule has 0 saturated heterocycles. The maximum atomic E-state index is 2.36. The summed E-state index contributed by atoms with van der Waals surface area (Å²) in [5.41, 5.74) is 0. The van der Waals surface area contributed by atoms with Crippen molar-refractivity contribution in [2.45, 2.75) is 18.6 Å². The van der Waals surface area contributed by atoms with E-state index in [1.807, 2.05) is 21.6 Å². The van der Waals surface area contributed by atoms with Gasteiger partial charge in [-0.1, -0.05) is 65.8 Å². The Labute approximate surface area is 88.0 Å². The first-order valence-electron chi connectivity index (χ1n) is 4.63. The van der Waals surface area contributed by atoms with E-state index in [1.165, 1.54) is 0 Å². The molecule has 0 aromatic carbocycles. The highest BCUT2D eigenvalue weighted by molar-refractivity contribution is 8.78. The number of rotatable bonds is 1. The molecule has 0 radical (unpaired) electrons. The molecule has 0 amide bonds. The Morgan fingerprint density at radius 2 is 2.08 bits per heavy atom. The fourth-order valence-corrected chi connectivity index (χ4v) is 4.84.